The molecule has 2 N–H and O–H groups in total. The molecule has 4 aromatic rings. The largest absolute Gasteiger partial charge is 0.435 e. The molecule has 2 aromatic carbocycles. The lowest BCUT2D eigenvalue weighted by atomic mass is 10.2. The Balaban J connectivity index is 1.54. The third kappa shape index (κ3) is 4.75. The molecule has 0 aliphatic carbocycles. The minimum atomic E-state index is -4.79. The number of hydrogen-bond donors (Lipinski definition) is 2. The Morgan fingerprint density at radius 1 is 1.24 bits per heavy atom. The number of anilines is 1. The summed E-state index contributed by atoms with van der Waals surface area (Å²) in [7, 11) is 1.74. The predicted molar refractivity (Wildman–Crippen MR) is 111 cm³/mol. The second-order valence-electron chi connectivity index (χ2n) is 7.08. The molecule has 0 fully saturated rings. The van der Waals surface area contributed by atoms with E-state index in [2.05, 4.69) is 20.8 Å². The van der Waals surface area contributed by atoms with Gasteiger partial charge in [-0.2, -0.15) is 23.5 Å². The fourth-order valence-electron chi connectivity index (χ4n) is 3.14. The van der Waals surface area contributed by atoms with Crippen molar-refractivity contribution in [1.82, 2.24) is 25.0 Å². The van der Waals surface area contributed by atoms with Gasteiger partial charge in [0.05, 0.1) is 35.6 Å². The van der Waals surface area contributed by atoms with Crippen LogP contribution in [0.15, 0.2) is 48.7 Å². The van der Waals surface area contributed by atoms with Gasteiger partial charge >= 0.3 is 12.2 Å². The first-order valence-electron chi connectivity index (χ1n) is 9.65. The lowest BCUT2D eigenvalue weighted by Gasteiger charge is -2.11. The molecule has 0 aliphatic rings. The Kier molecular flexibility index (Phi) is 5.80. The number of nitrogens with one attached hydrogen (secondary N) is 2. The van der Waals surface area contributed by atoms with Crippen molar-refractivity contribution in [2.45, 2.75) is 12.7 Å². The molecule has 13 heteroatoms. The van der Waals surface area contributed by atoms with Crippen LogP contribution in [0.25, 0.3) is 10.9 Å². The average Bonchev–Trinajstić information content (AvgIpc) is 3.36. The van der Waals surface area contributed by atoms with E-state index in [1.54, 1.807) is 36.1 Å². The van der Waals surface area contributed by atoms with Crippen LogP contribution in [0.4, 0.5) is 28.0 Å². The van der Waals surface area contributed by atoms with E-state index in [-0.39, 0.29) is 17.0 Å². The van der Waals surface area contributed by atoms with Crippen molar-refractivity contribution in [3.63, 3.8) is 0 Å². The molecule has 0 aliphatic heterocycles. The van der Waals surface area contributed by atoms with Gasteiger partial charge in [0.1, 0.15) is 11.5 Å². The number of alkyl halides is 3. The molecule has 0 atom stereocenters. The maximum atomic E-state index is 13.7. The highest BCUT2D eigenvalue weighted by atomic mass is 19.4. The molecule has 2 aromatic heterocycles. The summed E-state index contributed by atoms with van der Waals surface area (Å²) in [6.45, 7) is -0.404. The molecule has 9 nitrogen and oxygen atoms in total. The van der Waals surface area contributed by atoms with Gasteiger partial charge in [-0.3, -0.25) is 4.68 Å². The summed E-state index contributed by atoms with van der Waals surface area (Å²) >= 11 is 0. The van der Waals surface area contributed by atoms with Crippen LogP contribution in [0.5, 0.6) is 5.75 Å². The van der Waals surface area contributed by atoms with Gasteiger partial charge in [0, 0.05) is 24.6 Å². The second kappa shape index (κ2) is 8.74. The van der Waals surface area contributed by atoms with E-state index in [1.165, 1.54) is 0 Å². The Labute approximate surface area is 189 Å². The second-order valence-corrected chi connectivity index (χ2v) is 7.08. The van der Waals surface area contributed by atoms with Gasteiger partial charge in [-0.25, -0.2) is 9.18 Å². The van der Waals surface area contributed by atoms with E-state index in [0.29, 0.717) is 22.0 Å². The van der Waals surface area contributed by atoms with E-state index in [1.807, 2.05) is 6.07 Å². The molecule has 4 rings (SSSR count). The van der Waals surface area contributed by atoms with Gasteiger partial charge in [-0.15, -0.1) is 5.10 Å². The molecule has 0 spiro atoms. The molecule has 0 unspecified atom stereocenters. The van der Waals surface area contributed by atoms with Gasteiger partial charge in [-0.1, -0.05) is 10.9 Å². The number of rotatable bonds is 5. The smallest absolute Gasteiger partial charge is 0.358 e. The number of nitrogens with zero attached hydrogens (tertiary/aromatic N) is 5. The van der Waals surface area contributed by atoms with Gasteiger partial charge < -0.3 is 15.5 Å². The van der Waals surface area contributed by atoms with Gasteiger partial charge in [-0.05, 0) is 24.3 Å². The summed E-state index contributed by atoms with van der Waals surface area (Å²) in [5, 5.41) is 22.1. The molecule has 174 valence electrons. The van der Waals surface area contributed by atoms with Crippen molar-refractivity contribution in [3.05, 3.63) is 71.4 Å². The summed E-state index contributed by atoms with van der Waals surface area (Å²) in [6.07, 6.45) is -3.22. The zero-order valence-corrected chi connectivity index (χ0v) is 17.4. The summed E-state index contributed by atoms with van der Waals surface area (Å²) in [5.41, 5.74) is -0.327. The molecule has 0 radical (unpaired) electrons. The summed E-state index contributed by atoms with van der Waals surface area (Å²) in [5.74, 6) is -1.07. The van der Waals surface area contributed by atoms with Crippen molar-refractivity contribution in [1.29, 1.82) is 5.26 Å². The summed E-state index contributed by atoms with van der Waals surface area (Å²) < 4.78 is 54.9. The molecule has 0 saturated heterocycles. The minimum absolute atomic E-state index is 0.0955. The fraction of sp³-hybridized carbons (Fsp3) is 0.143. The number of benzene rings is 2. The van der Waals surface area contributed by atoms with E-state index >= 15 is 0 Å². The predicted octanol–water partition coefficient (Wildman–Crippen LogP) is 3.96. The van der Waals surface area contributed by atoms with Crippen molar-refractivity contribution in [2.24, 2.45) is 7.05 Å². The van der Waals surface area contributed by atoms with Crippen LogP contribution in [-0.4, -0.2) is 25.8 Å². The Bertz CT molecular complexity index is 1420. The Morgan fingerprint density at radius 3 is 2.76 bits per heavy atom. The van der Waals surface area contributed by atoms with E-state index in [4.69, 9.17) is 10.1 Å². The van der Waals surface area contributed by atoms with E-state index < -0.39 is 30.3 Å². The molecule has 0 saturated carbocycles. The highest BCUT2D eigenvalue weighted by Gasteiger charge is 2.35. The zero-order chi connectivity index (χ0) is 24.5. The van der Waals surface area contributed by atoms with Crippen LogP contribution in [0.2, 0.25) is 0 Å². The van der Waals surface area contributed by atoms with E-state index in [0.717, 1.165) is 23.7 Å². The lowest BCUT2D eigenvalue weighted by molar-refractivity contribution is -0.142. The SMILES string of the molecule is Cn1ncc2c(NC(=O)NCc3cc(C(F)(F)F)nn3Oc3cc(F)cc(C#N)c3)cccc21. The highest BCUT2D eigenvalue weighted by molar-refractivity contribution is 6.00. The van der Waals surface area contributed by atoms with Crippen LogP contribution in [-0.2, 0) is 19.8 Å². The first kappa shape index (κ1) is 22.6. The fourth-order valence-corrected chi connectivity index (χ4v) is 3.14. The number of urea groups is 1. The van der Waals surface area contributed by atoms with Crippen molar-refractivity contribution in [3.8, 4) is 11.8 Å². The first-order valence-corrected chi connectivity index (χ1v) is 9.65. The first-order chi connectivity index (χ1) is 16.1. The monoisotopic (exact) mass is 473 g/mol. The topological polar surface area (TPSA) is 110 Å². The number of nitriles is 1. The Morgan fingerprint density at radius 2 is 2.03 bits per heavy atom. The standard InChI is InChI=1S/C21H15F4N7O2/c1-31-18-4-2-3-17(16(18)11-28-31)29-20(33)27-10-14-8-19(21(23,24)25)30-32(14)34-15-6-12(9-26)5-13(22)7-15/h2-8,11H,10H2,1H3,(H2,27,29,33). The highest BCUT2D eigenvalue weighted by Crippen LogP contribution is 2.29. The number of hydrogen-bond acceptors (Lipinski definition) is 5. The van der Waals surface area contributed by atoms with E-state index in [9.17, 15) is 22.4 Å². The van der Waals surface area contributed by atoms with Gasteiger partial charge in [0.25, 0.3) is 0 Å². The third-order valence-electron chi connectivity index (χ3n) is 4.70. The van der Waals surface area contributed by atoms with Gasteiger partial charge in [0.15, 0.2) is 11.4 Å². The van der Waals surface area contributed by atoms with Crippen LogP contribution in [0.3, 0.4) is 0 Å². The van der Waals surface area contributed by atoms with Crippen LogP contribution >= 0.6 is 0 Å². The molecular weight excluding hydrogens is 458 g/mol. The minimum Gasteiger partial charge on any atom is -0.358 e. The van der Waals surface area contributed by atoms with Crippen LogP contribution in [0, 0.1) is 17.1 Å². The molecule has 0 bridgehead atoms. The number of halogens is 4. The number of aryl methyl sites for hydroxylation is 1. The zero-order valence-electron chi connectivity index (χ0n) is 17.4. The number of carbonyl (C=O) groups excluding carboxylic acids is 1. The number of carbonyl (C=O) groups is 1. The lowest BCUT2D eigenvalue weighted by Crippen LogP contribution is -2.29. The third-order valence-corrected chi connectivity index (χ3v) is 4.70. The van der Waals surface area contributed by atoms with Crippen LogP contribution < -0.4 is 15.5 Å². The average molecular weight is 473 g/mol. The quantitative estimate of drug-likeness (QED) is 0.427. The van der Waals surface area contributed by atoms with Gasteiger partial charge in [0.2, 0.25) is 0 Å². The molecular formula is C21H15F4N7O2. The maximum absolute atomic E-state index is 13.7. The number of fused-ring (bicyclic) bond motifs is 1. The number of aromatic nitrogens is 4. The maximum Gasteiger partial charge on any atom is 0.435 e. The van der Waals surface area contributed by atoms with Crippen molar-refractivity contribution in [2.75, 3.05) is 5.32 Å². The summed E-state index contributed by atoms with van der Waals surface area (Å²) in [6, 6.07) is 9.83. The molecule has 34 heavy (non-hydrogen) atoms. The summed E-state index contributed by atoms with van der Waals surface area (Å²) in [4.78, 5) is 18.2. The van der Waals surface area contributed by atoms with Crippen molar-refractivity contribution >= 4 is 22.6 Å². The molecule has 2 heterocycles. The van der Waals surface area contributed by atoms with Crippen molar-refractivity contribution < 1.29 is 27.2 Å². The normalized spacial score (nSPS) is 11.3. The Hall–Kier alpha value is -4.60. The molecule has 2 amide bonds. The van der Waals surface area contributed by atoms with Crippen LogP contribution in [0.1, 0.15) is 17.0 Å². The number of amides is 2.